The molecule has 4 atom stereocenters. The molecule has 2 heterocycles. The van der Waals surface area contributed by atoms with E-state index in [9.17, 15) is 19.1 Å². The fraction of sp³-hybridized carbons (Fsp3) is 0.364. The van der Waals surface area contributed by atoms with Gasteiger partial charge in [-0.25, -0.2) is 4.39 Å². The third-order valence-corrected chi connectivity index (χ3v) is 5.66. The molecule has 0 bridgehead atoms. The predicted octanol–water partition coefficient (Wildman–Crippen LogP) is 1.45. The molecular weight excluding hydrogens is 373 g/mol. The molecule has 0 aromatic heterocycles. The van der Waals surface area contributed by atoms with Crippen LogP contribution in [0.2, 0.25) is 0 Å². The molecule has 1 saturated heterocycles. The molecule has 0 aromatic carbocycles. The molecule has 2 aliphatic carbocycles. The van der Waals surface area contributed by atoms with Crippen molar-refractivity contribution < 1.29 is 19.1 Å². The molecule has 152 valence electrons. The minimum Gasteiger partial charge on any atom is -0.389 e. The molecule has 2 aliphatic heterocycles. The van der Waals surface area contributed by atoms with E-state index in [0.29, 0.717) is 6.42 Å². The number of allylic oxidation sites excluding steroid dienone is 8. The van der Waals surface area contributed by atoms with Gasteiger partial charge >= 0.3 is 0 Å². The zero-order chi connectivity index (χ0) is 20.5. The van der Waals surface area contributed by atoms with Gasteiger partial charge in [-0.15, -0.1) is 0 Å². The second-order valence-electron chi connectivity index (χ2n) is 7.66. The zero-order valence-corrected chi connectivity index (χ0v) is 16.1. The lowest BCUT2D eigenvalue weighted by atomic mass is 9.89. The van der Waals surface area contributed by atoms with E-state index in [1.165, 1.54) is 6.08 Å². The van der Waals surface area contributed by atoms with Gasteiger partial charge in [0.1, 0.15) is 18.0 Å². The molecule has 2 unspecified atom stereocenters. The number of aliphatic hydroxyl groups is 1. The number of nitrogens with one attached hydrogen (secondary N) is 3. The summed E-state index contributed by atoms with van der Waals surface area (Å²) >= 11 is 0. The van der Waals surface area contributed by atoms with Crippen molar-refractivity contribution in [2.45, 2.75) is 38.0 Å². The molecule has 4 aliphatic rings. The van der Waals surface area contributed by atoms with Gasteiger partial charge in [0.05, 0.1) is 6.04 Å². The van der Waals surface area contributed by atoms with Gasteiger partial charge < -0.3 is 21.1 Å². The van der Waals surface area contributed by atoms with Gasteiger partial charge in [-0.3, -0.25) is 9.59 Å². The number of β-amino-alcohol motifs (C(OH)–C–C–N with tert-alkyl or cyclic N) is 1. The lowest BCUT2D eigenvalue weighted by Crippen LogP contribution is -2.45. The number of carbonyl (C=O) groups excluding carboxylic acids is 2. The summed E-state index contributed by atoms with van der Waals surface area (Å²) in [6, 6.07) is -0.876. The SMILES string of the molecule is CC1C=C(F)C=CC1=C1NC2C=CC=CC2=C1CCC(=O)N[C@@H]1C(=O)NC[C@H]1O. The van der Waals surface area contributed by atoms with E-state index in [-0.39, 0.29) is 42.6 Å². The Morgan fingerprint density at radius 1 is 1.28 bits per heavy atom. The van der Waals surface area contributed by atoms with Crippen LogP contribution in [-0.4, -0.2) is 41.7 Å². The lowest BCUT2D eigenvalue weighted by Gasteiger charge is -2.19. The average molecular weight is 397 g/mol. The molecule has 4 rings (SSSR count). The predicted molar refractivity (Wildman–Crippen MR) is 107 cm³/mol. The third kappa shape index (κ3) is 3.82. The van der Waals surface area contributed by atoms with E-state index in [0.717, 1.165) is 22.4 Å². The number of hydrogen-bond donors (Lipinski definition) is 4. The number of aliphatic hydroxyl groups excluding tert-OH is 1. The maximum Gasteiger partial charge on any atom is 0.245 e. The van der Waals surface area contributed by atoms with Gasteiger partial charge in [-0.2, -0.15) is 0 Å². The van der Waals surface area contributed by atoms with Gasteiger partial charge in [-0.1, -0.05) is 37.3 Å². The first kappa shape index (κ1) is 19.4. The van der Waals surface area contributed by atoms with Crippen molar-refractivity contribution in [2.75, 3.05) is 6.54 Å². The average Bonchev–Trinajstić information content (AvgIpc) is 3.21. The molecule has 0 spiro atoms. The van der Waals surface area contributed by atoms with Crippen LogP contribution in [0.25, 0.3) is 0 Å². The molecule has 2 amide bonds. The fourth-order valence-corrected chi connectivity index (χ4v) is 4.14. The topological polar surface area (TPSA) is 90.5 Å². The van der Waals surface area contributed by atoms with Crippen LogP contribution < -0.4 is 16.0 Å². The number of carbonyl (C=O) groups is 2. The van der Waals surface area contributed by atoms with Crippen LogP contribution in [0, 0.1) is 5.92 Å². The summed E-state index contributed by atoms with van der Waals surface area (Å²) in [6.45, 7) is 2.09. The van der Waals surface area contributed by atoms with Crippen LogP contribution in [0.3, 0.4) is 0 Å². The summed E-state index contributed by atoms with van der Waals surface area (Å²) in [5, 5.41) is 18.5. The van der Waals surface area contributed by atoms with E-state index in [4.69, 9.17) is 0 Å². The van der Waals surface area contributed by atoms with Crippen LogP contribution in [0.4, 0.5) is 4.39 Å². The van der Waals surface area contributed by atoms with Gasteiger partial charge in [0.2, 0.25) is 11.8 Å². The number of halogens is 1. The minimum absolute atomic E-state index is 0.0272. The Balaban J connectivity index is 1.54. The van der Waals surface area contributed by atoms with Crippen LogP contribution >= 0.6 is 0 Å². The van der Waals surface area contributed by atoms with Crippen molar-refractivity contribution in [1.29, 1.82) is 0 Å². The van der Waals surface area contributed by atoms with Gasteiger partial charge in [0.25, 0.3) is 0 Å². The van der Waals surface area contributed by atoms with Crippen LogP contribution in [0.5, 0.6) is 0 Å². The van der Waals surface area contributed by atoms with E-state index in [2.05, 4.69) is 22.0 Å². The summed E-state index contributed by atoms with van der Waals surface area (Å²) in [6.07, 6.45) is 12.6. The molecule has 0 aromatic rings. The smallest absolute Gasteiger partial charge is 0.245 e. The van der Waals surface area contributed by atoms with Crippen LogP contribution in [-0.2, 0) is 9.59 Å². The van der Waals surface area contributed by atoms with Crippen molar-refractivity contribution in [3.8, 4) is 0 Å². The molecule has 29 heavy (non-hydrogen) atoms. The van der Waals surface area contributed by atoms with E-state index >= 15 is 0 Å². The highest BCUT2D eigenvalue weighted by Gasteiger charge is 2.35. The summed E-state index contributed by atoms with van der Waals surface area (Å²) in [5.41, 5.74) is 4.03. The number of rotatable bonds is 4. The van der Waals surface area contributed by atoms with Gasteiger partial charge in [0, 0.05) is 24.6 Å². The van der Waals surface area contributed by atoms with E-state index < -0.39 is 12.1 Å². The van der Waals surface area contributed by atoms with Crippen molar-refractivity contribution in [3.05, 3.63) is 70.8 Å². The second-order valence-corrected chi connectivity index (χ2v) is 7.66. The maximum atomic E-state index is 13.6. The highest BCUT2D eigenvalue weighted by Crippen LogP contribution is 2.37. The first-order valence-corrected chi connectivity index (χ1v) is 9.83. The Kier molecular flexibility index (Phi) is 5.24. The summed E-state index contributed by atoms with van der Waals surface area (Å²) < 4.78 is 13.6. The quantitative estimate of drug-likeness (QED) is 0.578. The summed E-state index contributed by atoms with van der Waals surface area (Å²) in [5.74, 6) is -0.995. The maximum absolute atomic E-state index is 13.6. The molecule has 7 heteroatoms. The van der Waals surface area contributed by atoms with Gasteiger partial charge in [0.15, 0.2) is 0 Å². The minimum atomic E-state index is -0.912. The third-order valence-electron chi connectivity index (χ3n) is 5.66. The highest BCUT2D eigenvalue weighted by molar-refractivity contribution is 5.90. The number of hydrogen-bond acceptors (Lipinski definition) is 4. The molecular formula is C22H24FN3O3. The first-order valence-electron chi connectivity index (χ1n) is 9.83. The Morgan fingerprint density at radius 2 is 2.10 bits per heavy atom. The van der Waals surface area contributed by atoms with Crippen molar-refractivity contribution in [1.82, 2.24) is 16.0 Å². The Morgan fingerprint density at radius 3 is 2.83 bits per heavy atom. The molecule has 4 N–H and O–H groups in total. The first-order chi connectivity index (χ1) is 13.9. The van der Waals surface area contributed by atoms with E-state index in [1.54, 1.807) is 12.2 Å². The highest BCUT2D eigenvalue weighted by atomic mass is 19.1. The van der Waals surface area contributed by atoms with Crippen LogP contribution in [0.1, 0.15) is 19.8 Å². The Hall–Kier alpha value is -2.93. The summed E-state index contributed by atoms with van der Waals surface area (Å²) in [7, 11) is 0. The molecule has 0 radical (unpaired) electrons. The largest absolute Gasteiger partial charge is 0.389 e. The molecule has 1 fully saturated rings. The van der Waals surface area contributed by atoms with Gasteiger partial charge in [-0.05, 0) is 35.3 Å². The standard InChI is InChI=1S/C22H24FN3O3/c1-12-10-13(23)6-7-14(12)20-16(15-4-2-3-5-17(15)25-20)8-9-19(28)26-21-18(27)11-24-22(21)29/h2-7,10,12,17-18,21,25,27H,8-9,11H2,1H3,(H,24,29)(H,26,28)/t12?,17?,18-,21+/m1/s1. The summed E-state index contributed by atoms with van der Waals surface area (Å²) in [4.78, 5) is 24.1. The molecule has 6 nitrogen and oxygen atoms in total. The van der Waals surface area contributed by atoms with E-state index in [1.807, 2.05) is 25.2 Å². The van der Waals surface area contributed by atoms with Crippen molar-refractivity contribution in [2.24, 2.45) is 5.92 Å². The number of fused-ring (bicyclic) bond motifs is 1. The Bertz CT molecular complexity index is 926. The Labute approximate surface area is 168 Å². The second kappa shape index (κ2) is 7.83. The fourth-order valence-electron chi connectivity index (χ4n) is 4.14. The monoisotopic (exact) mass is 397 g/mol. The van der Waals surface area contributed by atoms with Crippen molar-refractivity contribution >= 4 is 11.8 Å². The molecule has 0 saturated carbocycles. The zero-order valence-electron chi connectivity index (χ0n) is 16.1. The normalized spacial score (nSPS) is 32.8. The van der Waals surface area contributed by atoms with Crippen molar-refractivity contribution in [3.63, 3.8) is 0 Å². The number of amides is 2. The lowest BCUT2D eigenvalue weighted by molar-refractivity contribution is -0.128. The van der Waals surface area contributed by atoms with Crippen LogP contribution in [0.15, 0.2) is 70.8 Å².